The van der Waals surface area contributed by atoms with Gasteiger partial charge < -0.3 is 15.1 Å². The van der Waals surface area contributed by atoms with Gasteiger partial charge in [-0.1, -0.05) is 0 Å². The maximum Gasteiger partial charge on any atom is 0.416 e. The summed E-state index contributed by atoms with van der Waals surface area (Å²) >= 11 is 0. The molecule has 1 aromatic carbocycles. The Morgan fingerprint density at radius 2 is 2.04 bits per heavy atom. The van der Waals surface area contributed by atoms with E-state index in [2.05, 4.69) is 10.6 Å². The normalized spacial score (nSPS) is 12.6. The van der Waals surface area contributed by atoms with E-state index in [9.17, 15) is 28.1 Å². The van der Waals surface area contributed by atoms with Gasteiger partial charge in [-0.2, -0.15) is 13.2 Å². The Kier molecular flexibility index (Phi) is 6.62. The van der Waals surface area contributed by atoms with Crippen molar-refractivity contribution in [3.05, 3.63) is 58.0 Å². The number of amides is 1. The SMILES string of the molecule is CN(C)C(CNC(=O)CNc1ccc(C(F)(F)F)cc1[N+](=O)[O-])c1ccco1. The summed E-state index contributed by atoms with van der Waals surface area (Å²) in [7, 11) is 3.62. The summed E-state index contributed by atoms with van der Waals surface area (Å²) in [5, 5.41) is 16.2. The molecule has 0 saturated heterocycles. The first-order valence-electron chi connectivity index (χ1n) is 8.15. The van der Waals surface area contributed by atoms with E-state index in [4.69, 9.17) is 4.42 Å². The second-order valence-corrected chi connectivity index (χ2v) is 6.14. The van der Waals surface area contributed by atoms with Gasteiger partial charge in [-0.15, -0.1) is 0 Å². The highest BCUT2D eigenvalue weighted by Crippen LogP contribution is 2.34. The van der Waals surface area contributed by atoms with Crippen LogP contribution in [0.4, 0.5) is 24.5 Å². The number of nitrogens with one attached hydrogen (secondary N) is 2. The van der Waals surface area contributed by atoms with Gasteiger partial charge in [-0.3, -0.25) is 19.8 Å². The van der Waals surface area contributed by atoms with Crippen LogP contribution in [-0.2, 0) is 11.0 Å². The molecular formula is C17H19F3N4O4. The highest BCUT2D eigenvalue weighted by Gasteiger charge is 2.33. The topological polar surface area (TPSA) is 101 Å². The zero-order chi connectivity index (χ0) is 20.9. The number of alkyl halides is 3. The van der Waals surface area contributed by atoms with Crippen LogP contribution in [0.25, 0.3) is 0 Å². The summed E-state index contributed by atoms with van der Waals surface area (Å²) in [6, 6.07) is 5.34. The van der Waals surface area contributed by atoms with E-state index in [1.165, 1.54) is 6.26 Å². The average Bonchev–Trinajstić information content (AvgIpc) is 3.13. The minimum atomic E-state index is -4.70. The Balaban J connectivity index is 1.99. The lowest BCUT2D eigenvalue weighted by Crippen LogP contribution is -2.37. The average molecular weight is 400 g/mol. The summed E-state index contributed by atoms with van der Waals surface area (Å²) < 4.78 is 43.5. The molecule has 1 amide bonds. The first kappa shape index (κ1) is 21.2. The molecule has 0 saturated carbocycles. The molecule has 2 rings (SSSR count). The second kappa shape index (κ2) is 8.74. The van der Waals surface area contributed by atoms with Crippen LogP contribution in [0.5, 0.6) is 0 Å². The standard InChI is InChI=1S/C17H19F3N4O4/c1-23(2)14(15-4-3-7-28-15)9-22-16(25)10-21-12-6-5-11(17(18,19)20)8-13(12)24(26)27/h3-8,14,21H,9-10H2,1-2H3,(H,22,25). The second-order valence-electron chi connectivity index (χ2n) is 6.14. The molecule has 0 aliphatic carbocycles. The summed E-state index contributed by atoms with van der Waals surface area (Å²) in [4.78, 5) is 24.0. The van der Waals surface area contributed by atoms with Gasteiger partial charge in [0.05, 0.1) is 29.3 Å². The molecule has 0 spiro atoms. The fourth-order valence-electron chi connectivity index (χ4n) is 2.48. The van der Waals surface area contributed by atoms with E-state index in [1.807, 2.05) is 19.0 Å². The number of carbonyl (C=O) groups is 1. The zero-order valence-corrected chi connectivity index (χ0v) is 15.1. The molecule has 8 nitrogen and oxygen atoms in total. The molecule has 1 heterocycles. The molecule has 0 aliphatic rings. The lowest BCUT2D eigenvalue weighted by atomic mass is 10.1. The third-order valence-corrected chi connectivity index (χ3v) is 3.95. The number of rotatable bonds is 8. The molecule has 1 unspecified atom stereocenters. The van der Waals surface area contributed by atoms with Gasteiger partial charge in [0.2, 0.25) is 5.91 Å². The van der Waals surface area contributed by atoms with Crippen LogP contribution in [0.3, 0.4) is 0 Å². The predicted molar refractivity (Wildman–Crippen MR) is 94.7 cm³/mol. The number of benzene rings is 1. The summed E-state index contributed by atoms with van der Waals surface area (Å²) in [6.45, 7) is -0.124. The van der Waals surface area contributed by atoms with E-state index >= 15 is 0 Å². The molecule has 0 radical (unpaired) electrons. The minimum Gasteiger partial charge on any atom is -0.468 e. The van der Waals surface area contributed by atoms with Crippen LogP contribution < -0.4 is 10.6 Å². The van der Waals surface area contributed by atoms with Crippen molar-refractivity contribution >= 4 is 17.3 Å². The fraction of sp³-hybridized carbons (Fsp3) is 0.353. The van der Waals surface area contributed by atoms with Crippen molar-refractivity contribution < 1.29 is 27.3 Å². The third kappa shape index (κ3) is 5.46. The number of nitro benzene ring substituents is 1. The van der Waals surface area contributed by atoms with Gasteiger partial charge in [0, 0.05) is 12.6 Å². The Morgan fingerprint density at radius 3 is 2.57 bits per heavy atom. The molecule has 152 valence electrons. The Morgan fingerprint density at radius 1 is 1.32 bits per heavy atom. The Hall–Kier alpha value is -3.08. The Bertz CT molecular complexity index is 822. The first-order valence-corrected chi connectivity index (χ1v) is 8.15. The van der Waals surface area contributed by atoms with E-state index in [0.29, 0.717) is 17.9 Å². The highest BCUT2D eigenvalue weighted by atomic mass is 19.4. The maximum atomic E-state index is 12.7. The van der Waals surface area contributed by atoms with Gasteiger partial charge in [-0.25, -0.2) is 0 Å². The molecule has 28 heavy (non-hydrogen) atoms. The molecule has 2 N–H and O–H groups in total. The van der Waals surface area contributed by atoms with Crippen molar-refractivity contribution in [2.24, 2.45) is 0 Å². The lowest BCUT2D eigenvalue weighted by molar-refractivity contribution is -0.384. The molecule has 0 fully saturated rings. The van der Waals surface area contributed by atoms with Crippen molar-refractivity contribution in [2.45, 2.75) is 12.2 Å². The number of nitrogens with zero attached hydrogens (tertiary/aromatic N) is 2. The van der Waals surface area contributed by atoms with Crippen LogP contribution in [0.1, 0.15) is 17.4 Å². The van der Waals surface area contributed by atoms with E-state index in [-0.39, 0.29) is 24.8 Å². The number of hydrogen-bond acceptors (Lipinski definition) is 6. The van der Waals surface area contributed by atoms with Crippen molar-refractivity contribution in [3.63, 3.8) is 0 Å². The zero-order valence-electron chi connectivity index (χ0n) is 15.1. The Labute approximate surface area is 158 Å². The van der Waals surface area contributed by atoms with Gasteiger partial charge in [0.1, 0.15) is 11.4 Å². The quantitative estimate of drug-likeness (QED) is 0.522. The largest absolute Gasteiger partial charge is 0.468 e. The third-order valence-electron chi connectivity index (χ3n) is 3.95. The van der Waals surface area contributed by atoms with Crippen molar-refractivity contribution in [1.82, 2.24) is 10.2 Å². The summed E-state index contributed by atoms with van der Waals surface area (Å²) in [6.07, 6.45) is -3.19. The number of anilines is 1. The van der Waals surface area contributed by atoms with Gasteiger partial charge >= 0.3 is 6.18 Å². The first-order chi connectivity index (χ1) is 13.1. The molecule has 0 bridgehead atoms. The number of nitro groups is 1. The number of halogens is 3. The van der Waals surface area contributed by atoms with Crippen molar-refractivity contribution in [2.75, 3.05) is 32.5 Å². The molecule has 2 aromatic rings. The molecular weight excluding hydrogens is 381 g/mol. The van der Waals surface area contributed by atoms with Gasteiger partial charge in [-0.05, 0) is 38.4 Å². The summed E-state index contributed by atoms with van der Waals surface area (Å²) in [5.74, 6) is 0.171. The number of furan rings is 1. The van der Waals surface area contributed by atoms with E-state index in [0.717, 1.165) is 6.07 Å². The fourth-order valence-corrected chi connectivity index (χ4v) is 2.48. The molecule has 1 aromatic heterocycles. The monoisotopic (exact) mass is 400 g/mol. The van der Waals surface area contributed by atoms with Crippen LogP contribution in [-0.4, -0.2) is 42.9 Å². The summed E-state index contributed by atoms with van der Waals surface area (Å²) in [5.41, 5.74) is -2.07. The molecule has 11 heteroatoms. The molecule has 1 atom stereocenters. The smallest absolute Gasteiger partial charge is 0.416 e. The number of carbonyl (C=O) groups excluding carboxylic acids is 1. The highest BCUT2D eigenvalue weighted by molar-refractivity contribution is 5.81. The minimum absolute atomic E-state index is 0.177. The number of hydrogen-bond donors (Lipinski definition) is 2. The van der Waals surface area contributed by atoms with Crippen molar-refractivity contribution in [1.29, 1.82) is 0 Å². The van der Waals surface area contributed by atoms with Gasteiger partial charge in [0.25, 0.3) is 5.69 Å². The van der Waals surface area contributed by atoms with Crippen LogP contribution in [0.2, 0.25) is 0 Å². The van der Waals surface area contributed by atoms with E-state index in [1.54, 1.807) is 12.1 Å². The lowest BCUT2D eigenvalue weighted by Gasteiger charge is -2.22. The van der Waals surface area contributed by atoms with E-state index < -0.39 is 28.3 Å². The van der Waals surface area contributed by atoms with Crippen LogP contribution >= 0.6 is 0 Å². The van der Waals surface area contributed by atoms with Crippen LogP contribution in [0.15, 0.2) is 41.0 Å². The molecule has 0 aliphatic heterocycles. The van der Waals surface area contributed by atoms with Crippen molar-refractivity contribution in [3.8, 4) is 0 Å². The van der Waals surface area contributed by atoms with Crippen LogP contribution in [0, 0.1) is 10.1 Å². The van der Waals surface area contributed by atoms with Gasteiger partial charge in [0.15, 0.2) is 0 Å². The predicted octanol–water partition coefficient (Wildman–Crippen LogP) is 3.04. The maximum absolute atomic E-state index is 12.7. The number of likely N-dealkylation sites (N-methyl/N-ethyl adjacent to an activating group) is 1.